The molecule has 0 fully saturated rings. The van der Waals surface area contributed by atoms with Crippen LogP contribution in [-0.4, -0.2) is 29.6 Å². The van der Waals surface area contributed by atoms with Crippen molar-refractivity contribution < 1.29 is 9.59 Å². The summed E-state index contributed by atoms with van der Waals surface area (Å²) < 4.78 is 0. The minimum atomic E-state index is -0.277. The molecule has 0 aliphatic carbocycles. The summed E-state index contributed by atoms with van der Waals surface area (Å²) in [6, 6.07) is 16.3. The smallest absolute Gasteiger partial charge is 0.257 e. The summed E-state index contributed by atoms with van der Waals surface area (Å²) in [5.74, 6) is -0.415. The Labute approximate surface area is 185 Å². The van der Waals surface area contributed by atoms with Gasteiger partial charge < -0.3 is 10.6 Å². The molecule has 0 bridgehead atoms. The number of nitrogens with one attached hydrogen (secondary N) is 2. The maximum Gasteiger partial charge on any atom is 0.257 e. The van der Waals surface area contributed by atoms with E-state index in [9.17, 15) is 9.59 Å². The van der Waals surface area contributed by atoms with E-state index in [4.69, 9.17) is 11.6 Å². The molecule has 3 aromatic rings. The maximum atomic E-state index is 12.6. The third-order valence-corrected chi connectivity index (χ3v) is 5.44. The number of nitrogens with zero attached hydrogens (tertiary/aromatic N) is 1. The van der Waals surface area contributed by atoms with Crippen LogP contribution in [0, 0.1) is 0 Å². The predicted octanol–water partition coefficient (Wildman–Crippen LogP) is 5.52. The molecule has 7 heteroatoms. The third kappa shape index (κ3) is 5.40. The second kappa shape index (κ2) is 10.3. The van der Waals surface area contributed by atoms with E-state index in [1.165, 1.54) is 0 Å². The summed E-state index contributed by atoms with van der Waals surface area (Å²) >= 11 is 7.82. The molecule has 0 spiro atoms. The van der Waals surface area contributed by atoms with Gasteiger partial charge >= 0.3 is 0 Å². The van der Waals surface area contributed by atoms with Crippen LogP contribution in [0.5, 0.6) is 0 Å². The minimum Gasteiger partial charge on any atom is -0.352 e. The molecular weight excluding hydrogens is 418 g/mol. The van der Waals surface area contributed by atoms with Crippen molar-refractivity contribution in [1.29, 1.82) is 0 Å². The van der Waals surface area contributed by atoms with Gasteiger partial charge in [0.25, 0.3) is 11.8 Å². The molecule has 2 N–H and O–H groups in total. The fourth-order valence-corrected chi connectivity index (χ4v) is 3.57. The first-order chi connectivity index (χ1) is 14.5. The molecule has 3 rings (SSSR count). The number of pyridine rings is 1. The highest BCUT2D eigenvalue weighted by molar-refractivity contribution is 7.98. The van der Waals surface area contributed by atoms with E-state index in [1.54, 1.807) is 48.3 Å². The highest BCUT2D eigenvalue weighted by atomic mass is 35.5. The number of carbonyl (C=O) groups is 2. The van der Waals surface area contributed by atoms with Crippen molar-refractivity contribution in [3.05, 3.63) is 76.9 Å². The van der Waals surface area contributed by atoms with E-state index in [0.29, 0.717) is 34.1 Å². The lowest BCUT2D eigenvalue weighted by molar-refractivity contribution is 0.0952. The molecule has 0 aliphatic rings. The van der Waals surface area contributed by atoms with Gasteiger partial charge in [-0.3, -0.25) is 14.6 Å². The fourth-order valence-electron chi connectivity index (χ4n) is 2.80. The van der Waals surface area contributed by atoms with Gasteiger partial charge in [-0.15, -0.1) is 11.8 Å². The monoisotopic (exact) mass is 439 g/mol. The number of aromatic nitrogens is 1. The number of amides is 2. The van der Waals surface area contributed by atoms with Crippen molar-refractivity contribution in [2.45, 2.75) is 18.2 Å². The first kappa shape index (κ1) is 21.9. The van der Waals surface area contributed by atoms with Gasteiger partial charge in [0.2, 0.25) is 0 Å². The average Bonchev–Trinajstić information content (AvgIpc) is 2.77. The van der Waals surface area contributed by atoms with Crippen LogP contribution in [0.2, 0.25) is 5.02 Å². The number of carbonyl (C=O) groups excluding carboxylic acids is 2. The molecule has 0 radical (unpaired) electrons. The van der Waals surface area contributed by atoms with E-state index in [2.05, 4.69) is 15.6 Å². The Bertz CT molecular complexity index is 1050. The Morgan fingerprint density at radius 3 is 2.57 bits per heavy atom. The minimum absolute atomic E-state index is 0.138. The predicted molar refractivity (Wildman–Crippen MR) is 123 cm³/mol. The number of hydrogen-bond acceptors (Lipinski definition) is 4. The third-order valence-electron chi connectivity index (χ3n) is 4.40. The molecule has 154 valence electrons. The summed E-state index contributed by atoms with van der Waals surface area (Å²) in [6.45, 7) is 2.63. The van der Waals surface area contributed by atoms with Gasteiger partial charge in [0, 0.05) is 28.9 Å². The van der Waals surface area contributed by atoms with Gasteiger partial charge in [-0.25, -0.2) is 0 Å². The molecule has 0 saturated carbocycles. The van der Waals surface area contributed by atoms with Crippen molar-refractivity contribution in [2.24, 2.45) is 0 Å². The molecule has 0 saturated heterocycles. The van der Waals surface area contributed by atoms with Crippen LogP contribution < -0.4 is 10.6 Å². The number of rotatable bonds is 7. The first-order valence-electron chi connectivity index (χ1n) is 9.51. The quantitative estimate of drug-likeness (QED) is 0.476. The molecular formula is C23H22ClN3O2S. The van der Waals surface area contributed by atoms with Gasteiger partial charge in [0.1, 0.15) is 0 Å². The zero-order valence-corrected chi connectivity index (χ0v) is 18.3. The molecule has 0 unspecified atom stereocenters. The van der Waals surface area contributed by atoms with Crippen LogP contribution >= 0.6 is 23.4 Å². The molecule has 2 amide bonds. The van der Waals surface area contributed by atoms with Crippen LogP contribution in [0.4, 0.5) is 5.69 Å². The number of halogens is 1. The van der Waals surface area contributed by atoms with E-state index in [0.717, 1.165) is 16.9 Å². The number of hydrogen-bond donors (Lipinski definition) is 2. The molecule has 1 heterocycles. The molecule has 2 aromatic carbocycles. The van der Waals surface area contributed by atoms with Gasteiger partial charge in [-0.1, -0.05) is 30.7 Å². The zero-order valence-electron chi connectivity index (χ0n) is 16.7. The fraction of sp³-hybridized carbons (Fsp3) is 0.174. The Morgan fingerprint density at radius 2 is 1.90 bits per heavy atom. The molecule has 5 nitrogen and oxygen atoms in total. The second-order valence-corrected chi connectivity index (χ2v) is 7.86. The average molecular weight is 440 g/mol. The Kier molecular flexibility index (Phi) is 7.49. The van der Waals surface area contributed by atoms with Gasteiger partial charge in [-0.05, 0) is 55.1 Å². The summed E-state index contributed by atoms with van der Waals surface area (Å²) in [4.78, 5) is 30.0. The van der Waals surface area contributed by atoms with Crippen molar-refractivity contribution in [2.75, 3.05) is 18.1 Å². The van der Waals surface area contributed by atoms with Crippen LogP contribution in [0.25, 0.3) is 11.3 Å². The highest BCUT2D eigenvalue weighted by Crippen LogP contribution is 2.25. The SMILES string of the molecule is CCCNC(=O)c1ccc(-c2cccc(NC(=O)c3ccc(SC)cc3Cl)c2)nc1. The number of benzene rings is 2. The molecule has 0 aliphatic heterocycles. The standard InChI is InChI=1S/C23H22ClN3O2S/c1-3-11-25-22(28)16-7-10-21(26-14-16)15-5-4-6-17(12-15)27-23(29)19-9-8-18(30-2)13-20(19)24/h4-10,12-14H,3,11H2,1-2H3,(H,25,28)(H,27,29). The van der Waals surface area contributed by atoms with Crippen LogP contribution in [0.1, 0.15) is 34.1 Å². The van der Waals surface area contributed by atoms with Crippen molar-refractivity contribution >= 4 is 40.9 Å². The lowest BCUT2D eigenvalue weighted by Gasteiger charge is -2.10. The number of anilines is 1. The summed E-state index contributed by atoms with van der Waals surface area (Å²) in [7, 11) is 0. The Balaban J connectivity index is 1.74. The topological polar surface area (TPSA) is 71.1 Å². The molecule has 30 heavy (non-hydrogen) atoms. The normalized spacial score (nSPS) is 10.5. The van der Waals surface area contributed by atoms with Gasteiger partial charge in [-0.2, -0.15) is 0 Å². The Morgan fingerprint density at radius 1 is 1.07 bits per heavy atom. The summed E-state index contributed by atoms with van der Waals surface area (Å²) in [5, 5.41) is 6.12. The van der Waals surface area contributed by atoms with Gasteiger partial charge in [0.05, 0.1) is 21.8 Å². The van der Waals surface area contributed by atoms with E-state index in [1.807, 2.05) is 37.4 Å². The maximum absolute atomic E-state index is 12.6. The zero-order chi connectivity index (χ0) is 21.5. The van der Waals surface area contributed by atoms with Crippen molar-refractivity contribution in [1.82, 2.24) is 10.3 Å². The summed E-state index contributed by atoms with van der Waals surface area (Å²) in [5.41, 5.74) is 3.10. The lowest BCUT2D eigenvalue weighted by atomic mass is 10.1. The van der Waals surface area contributed by atoms with Crippen LogP contribution in [-0.2, 0) is 0 Å². The van der Waals surface area contributed by atoms with Crippen molar-refractivity contribution in [3.63, 3.8) is 0 Å². The van der Waals surface area contributed by atoms with Gasteiger partial charge in [0.15, 0.2) is 0 Å². The Hall–Kier alpha value is -2.83. The van der Waals surface area contributed by atoms with E-state index >= 15 is 0 Å². The first-order valence-corrected chi connectivity index (χ1v) is 11.1. The van der Waals surface area contributed by atoms with Crippen LogP contribution in [0.15, 0.2) is 65.7 Å². The molecule has 0 atom stereocenters. The summed E-state index contributed by atoms with van der Waals surface area (Å²) in [6.07, 6.45) is 4.39. The number of thioether (sulfide) groups is 1. The highest BCUT2D eigenvalue weighted by Gasteiger charge is 2.12. The van der Waals surface area contributed by atoms with E-state index < -0.39 is 0 Å². The van der Waals surface area contributed by atoms with Crippen LogP contribution in [0.3, 0.4) is 0 Å². The molecule has 1 aromatic heterocycles. The largest absolute Gasteiger partial charge is 0.352 e. The van der Waals surface area contributed by atoms with Crippen molar-refractivity contribution in [3.8, 4) is 11.3 Å². The lowest BCUT2D eigenvalue weighted by Crippen LogP contribution is -2.24. The van der Waals surface area contributed by atoms with E-state index in [-0.39, 0.29) is 11.8 Å². The second-order valence-electron chi connectivity index (χ2n) is 6.57.